The van der Waals surface area contributed by atoms with Crippen molar-refractivity contribution in [2.75, 3.05) is 13.1 Å². The molecule has 1 aromatic carbocycles. The number of likely N-dealkylation sites (tertiary alicyclic amines) is 1. The fraction of sp³-hybridized carbons (Fsp3) is 0.500. The summed E-state index contributed by atoms with van der Waals surface area (Å²) in [4.78, 5) is 14.3. The summed E-state index contributed by atoms with van der Waals surface area (Å²) in [5, 5.41) is 11.0. The van der Waals surface area contributed by atoms with Gasteiger partial charge in [0.2, 0.25) is 5.91 Å². The standard InChI is InChI=1S/C18H21N3OS/c22-18(14-8-9-14)21-10-4-7-15(12-21)17-20-19-16(23-17)11-13-5-2-1-3-6-13/h1-3,5-6,14-15H,4,7-12H2/t15-/m1/s1. The van der Waals surface area contributed by atoms with E-state index in [-0.39, 0.29) is 0 Å². The maximum Gasteiger partial charge on any atom is 0.225 e. The van der Waals surface area contributed by atoms with Crippen LogP contribution in [-0.2, 0) is 11.2 Å². The van der Waals surface area contributed by atoms with E-state index in [0.29, 0.717) is 17.7 Å². The van der Waals surface area contributed by atoms with Gasteiger partial charge in [0, 0.05) is 31.3 Å². The van der Waals surface area contributed by atoms with Gasteiger partial charge in [0.15, 0.2) is 0 Å². The molecule has 4 rings (SSSR count). The van der Waals surface area contributed by atoms with Gasteiger partial charge in [-0.15, -0.1) is 21.5 Å². The molecule has 1 aliphatic heterocycles. The highest BCUT2D eigenvalue weighted by atomic mass is 32.1. The zero-order valence-electron chi connectivity index (χ0n) is 13.1. The predicted octanol–water partition coefficient (Wildman–Crippen LogP) is 3.24. The summed E-state index contributed by atoms with van der Waals surface area (Å²) >= 11 is 1.71. The second-order valence-corrected chi connectivity index (χ2v) is 7.69. The maximum atomic E-state index is 12.3. The SMILES string of the molecule is O=C(C1CC1)N1CCC[C@@H](c2nnc(Cc3ccccc3)s2)C1. The third-order valence-electron chi connectivity index (χ3n) is 4.69. The zero-order valence-corrected chi connectivity index (χ0v) is 14.0. The number of carbonyl (C=O) groups excluding carboxylic acids is 1. The van der Waals surface area contributed by atoms with Crippen molar-refractivity contribution in [1.82, 2.24) is 15.1 Å². The van der Waals surface area contributed by atoms with Gasteiger partial charge in [-0.2, -0.15) is 0 Å². The molecule has 23 heavy (non-hydrogen) atoms. The molecule has 2 heterocycles. The van der Waals surface area contributed by atoms with Crippen LogP contribution in [0.1, 0.15) is 47.2 Å². The topological polar surface area (TPSA) is 46.1 Å². The van der Waals surface area contributed by atoms with Crippen molar-refractivity contribution >= 4 is 17.2 Å². The lowest BCUT2D eigenvalue weighted by molar-refractivity contribution is -0.133. The normalized spacial score (nSPS) is 21.4. The van der Waals surface area contributed by atoms with Gasteiger partial charge in [0.1, 0.15) is 10.0 Å². The lowest BCUT2D eigenvalue weighted by Gasteiger charge is -2.31. The molecule has 0 unspecified atom stereocenters. The van der Waals surface area contributed by atoms with Crippen molar-refractivity contribution < 1.29 is 4.79 Å². The van der Waals surface area contributed by atoms with E-state index in [1.54, 1.807) is 11.3 Å². The Hall–Kier alpha value is -1.75. The summed E-state index contributed by atoms with van der Waals surface area (Å²) in [6.45, 7) is 1.75. The van der Waals surface area contributed by atoms with E-state index < -0.39 is 0 Å². The summed E-state index contributed by atoms with van der Waals surface area (Å²) < 4.78 is 0. The van der Waals surface area contributed by atoms with Crippen LogP contribution in [0.3, 0.4) is 0 Å². The van der Waals surface area contributed by atoms with Crippen LogP contribution in [0, 0.1) is 5.92 Å². The van der Waals surface area contributed by atoms with Crippen LogP contribution < -0.4 is 0 Å². The summed E-state index contributed by atoms with van der Waals surface area (Å²) in [5.41, 5.74) is 1.27. The molecule has 120 valence electrons. The second kappa shape index (κ2) is 6.40. The molecule has 2 aliphatic rings. The van der Waals surface area contributed by atoms with Crippen LogP contribution in [0.2, 0.25) is 0 Å². The van der Waals surface area contributed by atoms with Crippen molar-refractivity contribution in [2.45, 2.75) is 38.0 Å². The van der Waals surface area contributed by atoms with Gasteiger partial charge in [-0.25, -0.2) is 0 Å². The molecule has 0 radical (unpaired) electrons. The Balaban J connectivity index is 1.42. The summed E-state index contributed by atoms with van der Waals surface area (Å²) in [7, 11) is 0. The first-order chi connectivity index (χ1) is 11.3. The molecule has 1 saturated carbocycles. The summed E-state index contributed by atoms with van der Waals surface area (Å²) in [6, 6.07) is 10.4. The molecule has 5 heteroatoms. The third-order valence-corrected chi connectivity index (χ3v) is 5.78. The Bertz CT molecular complexity index is 681. The van der Waals surface area contributed by atoms with Crippen LogP contribution in [0.5, 0.6) is 0 Å². The smallest absolute Gasteiger partial charge is 0.225 e. The van der Waals surface area contributed by atoms with E-state index in [4.69, 9.17) is 0 Å². The van der Waals surface area contributed by atoms with Crippen LogP contribution in [0.15, 0.2) is 30.3 Å². The van der Waals surface area contributed by atoms with E-state index in [1.807, 2.05) is 6.07 Å². The Labute approximate surface area is 140 Å². The van der Waals surface area contributed by atoms with E-state index >= 15 is 0 Å². The Morgan fingerprint density at radius 1 is 1.17 bits per heavy atom. The number of nitrogens with zero attached hydrogens (tertiary/aromatic N) is 3. The highest BCUT2D eigenvalue weighted by molar-refractivity contribution is 7.11. The fourth-order valence-corrected chi connectivity index (χ4v) is 4.24. The Kier molecular flexibility index (Phi) is 4.12. The molecule has 1 amide bonds. The molecule has 0 bridgehead atoms. The molecule has 1 atom stereocenters. The minimum Gasteiger partial charge on any atom is -0.342 e. The quantitative estimate of drug-likeness (QED) is 0.866. The van der Waals surface area contributed by atoms with Crippen LogP contribution in [0.25, 0.3) is 0 Å². The first kappa shape index (κ1) is 14.8. The van der Waals surface area contributed by atoms with Crippen LogP contribution in [-0.4, -0.2) is 34.1 Å². The number of piperidine rings is 1. The molecule has 0 N–H and O–H groups in total. The second-order valence-electron chi connectivity index (χ2n) is 6.59. The number of carbonyl (C=O) groups is 1. The first-order valence-electron chi connectivity index (χ1n) is 8.44. The van der Waals surface area contributed by atoms with Gasteiger partial charge in [-0.3, -0.25) is 4.79 Å². The average molecular weight is 327 g/mol. The number of hydrogen-bond donors (Lipinski definition) is 0. The van der Waals surface area contributed by atoms with Gasteiger partial charge in [-0.05, 0) is 31.2 Å². The van der Waals surface area contributed by atoms with Crippen molar-refractivity contribution in [3.63, 3.8) is 0 Å². The number of rotatable bonds is 4. The molecule has 2 aromatic rings. The molecular weight excluding hydrogens is 306 g/mol. The van der Waals surface area contributed by atoms with Gasteiger partial charge in [-0.1, -0.05) is 30.3 Å². The van der Waals surface area contributed by atoms with Crippen LogP contribution >= 0.6 is 11.3 Å². The number of aromatic nitrogens is 2. The van der Waals surface area contributed by atoms with E-state index in [2.05, 4.69) is 39.4 Å². The van der Waals surface area contributed by atoms with Crippen molar-refractivity contribution in [2.24, 2.45) is 5.92 Å². The lowest BCUT2D eigenvalue weighted by Crippen LogP contribution is -2.39. The number of benzene rings is 1. The van der Waals surface area contributed by atoms with Gasteiger partial charge in [0.05, 0.1) is 0 Å². The maximum absolute atomic E-state index is 12.3. The highest BCUT2D eigenvalue weighted by Crippen LogP contribution is 2.35. The van der Waals surface area contributed by atoms with Crippen molar-refractivity contribution in [1.29, 1.82) is 0 Å². The zero-order chi connectivity index (χ0) is 15.6. The van der Waals surface area contributed by atoms with Crippen LogP contribution in [0.4, 0.5) is 0 Å². The lowest BCUT2D eigenvalue weighted by atomic mass is 9.98. The Morgan fingerprint density at radius 2 is 2.00 bits per heavy atom. The first-order valence-corrected chi connectivity index (χ1v) is 9.26. The molecule has 4 nitrogen and oxygen atoms in total. The minimum absolute atomic E-state index is 0.316. The molecule has 1 aromatic heterocycles. The summed E-state index contributed by atoms with van der Waals surface area (Å²) in [6.07, 6.45) is 5.21. The van der Waals surface area contributed by atoms with E-state index in [9.17, 15) is 4.79 Å². The van der Waals surface area contributed by atoms with E-state index in [1.165, 1.54) is 5.56 Å². The fourth-order valence-electron chi connectivity index (χ4n) is 3.24. The molecule has 1 saturated heterocycles. The highest BCUT2D eigenvalue weighted by Gasteiger charge is 2.36. The minimum atomic E-state index is 0.316. The van der Waals surface area contributed by atoms with Crippen molar-refractivity contribution in [3.8, 4) is 0 Å². The van der Waals surface area contributed by atoms with Gasteiger partial charge < -0.3 is 4.90 Å². The third kappa shape index (κ3) is 3.44. The summed E-state index contributed by atoms with van der Waals surface area (Å²) in [5.74, 6) is 1.05. The average Bonchev–Trinajstić information content (AvgIpc) is 3.35. The molecule has 1 aliphatic carbocycles. The molecular formula is C18H21N3OS. The largest absolute Gasteiger partial charge is 0.342 e. The predicted molar refractivity (Wildman–Crippen MR) is 90.4 cm³/mol. The molecule has 0 spiro atoms. The van der Waals surface area contributed by atoms with Gasteiger partial charge in [0.25, 0.3) is 0 Å². The Morgan fingerprint density at radius 3 is 2.78 bits per heavy atom. The number of hydrogen-bond acceptors (Lipinski definition) is 4. The van der Waals surface area contributed by atoms with Crippen molar-refractivity contribution in [3.05, 3.63) is 45.9 Å². The molecule has 2 fully saturated rings. The monoisotopic (exact) mass is 327 g/mol. The number of amides is 1. The van der Waals surface area contributed by atoms with Gasteiger partial charge >= 0.3 is 0 Å². The van der Waals surface area contributed by atoms with E-state index in [0.717, 1.165) is 55.2 Å².